The number of amides is 1. The van der Waals surface area contributed by atoms with Gasteiger partial charge >= 0.3 is 0 Å². The van der Waals surface area contributed by atoms with Gasteiger partial charge in [0.2, 0.25) is 5.91 Å². The molecule has 16 heavy (non-hydrogen) atoms. The summed E-state index contributed by atoms with van der Waals surface area (Å²) in [7, 11) is 0. The van der Waals surface area contributed by atoms with E-state index in [1.165, 1.54) is 25.7 Å². The molecule has 3 nitrogen and oxygen atoms in total. The Morgan fingerprint density at radius 2 is 2.12 bits per heavy atom. The SMILES string of the molecule is CCC1NC(C)C(=O)N1CC1(C2CC2)CC1. The molecule has 3 heteroatoms. The molecule has 2 aliphatic carbocycles. The number of rotatable bonds is 4. The zero-order chi connectivity index (χ0) is 11.3. The topological polar surface area (TPSA) is 32.3 Å². The zero-order valence-electron chi connectivity index (χ0n) is 10.3. The van der Waals surface area contributed by atoms with Gasteiger partial charge in [-0.2, -0.15) is 0 Å². The van der Waals surface area contributed by atoms with Crippen molar-refractivity contribution in [3.63, 3.8) is 0 Å². The zero-order valence-corrected chi connectivity index (χ0v) is 10.3. The number of hydrogen-bond acceptors (Lipinski definition) is 2. The van der Waals surface area contributed by atoms with E-state index in [1.807, 2.05) is 6.92 Å². The van der Waals surface area contributed by atoms with Crippen LogP contribution in [0.15, 0.2) is 0 Å². The summed E-state index contributed by atoms with van der Waals surface area (Å²) in [6, 6.07) is 0.0277. The van der Waals surface area contributed by atoms with Gasteiger partial charge in [-0.1, -0.05) is 6.92 Å². The summed E-state index contributed by atoms with van der Waals surface area (Å²) < 4.78 is 0. The molecule has 0 aromatic heterocycles. The average Bonchev–Trinajstić information content (AvgIpc) is 3.13. The molecule has 2 saturated carbocycles. The van der Waals surface area contributed by atoms with Crippen LogP contribution in [0.2, 0.25) is 0 Å². The lowest BCUT2D eigenvalue weighted by Crippen LogP contribution is -2.41. The van der Waals surface area contributed by atoms with Crippen LogP contribution in [0.1, 0.15) is 46.0 Å². The molecule has 0 radical (unpaired) electrons. The Morgan fingerprint density at radius 1 is 1.44 bits per heavy atom. The maximum Gasteiger partial charge on any atom is 0.240 e. The van der Waals surface area contributed by atoms with Gasteiger partial charge in [0.15, 0.2) is 0 Å². The third kappa shape index (κ3) is 1.56. The second kappa shape index (κ2) is 3.46. The molecule has 3 fully saturated rings. The Bertz CT molecular complexity index is 307. The molecule has 3 rings (SSSR count). The van der Waals surface area contributed by atoms with Crippen molar-refractivity contribution in [2.45, 2.75) is 58.2 Å². The minimum Gasteiger partial charge on any atom is -0.325 e. The second-order valence-electron chi connectivity index (χ2n) is 5.92. The highest BCUT2D eigenvalue weighted by Crippen LogP contribution is 2.61. The number of nitrogens with one attached hydrogen (secondary N) is 1. The summed E-state index contributed by atoms with van der Waals surface area (Å²) in [6.07, 6.45) is 6.83. The van der Waals surface area contributed by atoms with Crippen LogP contribution in [-0.2, 0) is 4.79 Å². The van der Waals surface area contributed by atoms with Crippen molar-refractivity contribution in [3.05, 3.63) is 0 Å². The molecule has 1 heterocycles. The lowest BCUT2D eigenvalue weighted by Gasteiger charge is -2.28. The van der Waals surface area contributed by atoms with Crippen molar-refractivity contribution in [1.82, 2.24) is 10.2 Å². The summed E-state index contributed by atoms with van der Waals surface area (Å²) in [6.45, 7) is 5.17. The van der Waals surface area contributed by atoms with Gasteiger partial charge < -0.3 is 4.90 Å². The van der Waals surface area contributed by atoms with Crippen LogP contribution in [0, 0.1) is 11.3 Å². The Labute approximate surface area is 97.6 Å². The summed E-state index contributed by atoms with van der Waals surface area (Å²) in [5.41, 5.74) is 0.537. The number of carbonyl (C=O) groups excluding carboxylic acids is 1. The van der Waals surface area contributed by atoms with Crippen LogP contribution in [0.3, 0.4) is 0 Å². The fourth-order valence-electron chi connectivity index (χ4n) is 3.27. The first-order valence-electron chi connectivity index (χ1n) is 6.73. The molecule has 0 aromatic carbocycles. The quantitative estimate of drug-likeness (QED) is 0.785. The highest BCUT2D eigenvalue weighted by atomic mass is 16.2. The van der Waals surface area contributed by atoms with Crippen molar-refractivity contribution < 1.29 is 4.79 Å². The smallest absolute Gasteiger partial charge is 0.240 e. The van der Waals surface area contributed by atoms with E-state index in [-0.39, 0.29) is 6.04 Å². The van der Waals surface area contributed by atoms with Crippen LogP contribution >= 0.6 is 0 Å². The van der Waals surface area contributed by atoms with Crippen molar-refractivity contribution in [2.75, 3.05) is 6.54 Å². The molecule has 0 spiro atoms. The monoisotopic (exact) mass is 222 g/mol. The van der Waals surface area contributed by atoms with E-state index in [9.17, 15) is 4.79 Å². The Balaban J connectivity index is 1.70. The molecule has 0 bridgehead atoms. The molecule has 2 atom stereocenters. The normalized spacial score (nSPS) is 36.9. The summed E-state index contributed by atoms with van der Waals surface area (Å²) in [5.74, 6) is 1.26. The minimum atomic E-state index is 0.0277. The molecular formula is C13H22N2O. The van der Waals surface area contributed by atoms with Gasteiger partial charge in [0, 0.05) is 6.54 Å². The molecule has 1 N–H and O–H groups in total. The van der Waals surface area contributed by atoms with E-state index in [0.29, 0.717) is 17.5 Å². The van der Waals surface area contributed by atoms with Gasteiger partial charge in [0.25, 0.3) is 0 Å². The third-order valence-corrected chi connectivity index (χ3v) is 4.68. The molecule has 1 saturated heterocycles. The lowest BCUT2D eigenvalue weighted by atomic mass is 9.99. The standard InChI is InChI=1S/C13H22N2O/c1-3-11-14-9(2)12(16)15(11)8-13(6-7-13)10-4-5-10/h9-11,14H,3-8H2,1-2H3. The van der Waals surface area contributed by atoms with E-state index in [4.69, 9.17) is 0 Å². The third-order valence-electron chi connectivity index (χ3n) is 4.68. The fourth-order valence-corrected chi connectivity index (χ4v) is 3.27. The molecule has 0 aromatic rings. The van der Waals surface area contributed by atoms with Crippen molar-refractivity contribution in [2.24, 2.45) is 11.3 Å². The first-order chi connectivity index (χ1) is 7.66. The van der Waals surface area contributed by atoms with Crippen LogP contribution in [0.5, 0.6) is 0 Å². The molecule has 1 amide bonds. The van der Waals surface area contributed by atoms with E-state index >= 15 is 0 Å². The van der Waals surface area contributed by atoms with Crippen molar-refractivity contribution in [3.8, 4) is 0 Å². The largest absolute Gasteiger partial charge is 0.325 e. The van der Waals surface area contributed by atoms with Crippen molar-refractivity contribution in [1.29, 1.82) is 0 Å². The van der Waals surface area contributed by atoms with Gasteiger partial charge in [0.1, 0.15) is 0 Å². The lowest BCUT2D eigenvalue weighted by molar-refractivity contribution is -0.130. The van der Waals surface area contributed by atoms with Crippen molar-refractivity contribution >= 4 is 5.91 Å². The maximum atomic E-state index is 12.1. The van der Waals surface area contributed by atoms with Crippen LogP contribution in [0.4, 0.5) is 0 Å². The summed E-state index contributed by atoms with van der Waals surface area (Å²) in [4.78, 5) is 14.2. The van der Waals surface area contributed by atoms with Gasteiger partial charge in [-0.25, -0.2) is 0 Å². The molecular weight excluding hydrogens is 200 g/mol. The van der Waals surface area contributed by atoms with E-state index in [0.717, 1.165) is 18.9 Å². The van der Waals surface area contributed by atoms with Crippen LogP contribution in [-0.4, -0.2) is 29.6 Å². The highest BCUT2D eigenvalue weighted by Gasteiger charge is 2.56. The number of carbonyl (C=O) groups is 1. The first kappa shape index (κ1) is 10.6. The predicted octanol–water partition coefficient (Wildman–Crippen LogP) is 1.73. The Morgan fingerprint density at radius 3 is 2.62 bits per heavy atom. The highest BCUT2D eigenvalue weighted by molar-refractivity contribution is 5.84. The Kier molecular flexibility index (Phi) is 2.29. The van der Waals surface area contributed by atoms with Gasteiger partial charge in [-0.15, -0.1) is 0 Å². The second-order valence-corrected chi connectivity index (χ2v) is 5.92. The number of hydrogen-bond donors (Lipinski definition) is 1. The first-order valence-corrected chi connectivity index (χ1v) is 6.73. The minimum absolute atomic E-state index is 0.0277. The van der Waals surface area contributed by atoms with E-state index < -0.39 is 0 Å². The van der Waals surface area contributed by atoms with Crippen LogP contribution < -0.4 is 5.32 Å². The fraction of sp³-hybridized carbons (Fsp3) is 0.923. The van der Waals surface area contributed by atoms with E-state index in [2.05, 4.69) is 17.1 Å². The number of nitrogens with zero attached hydrogens (tertiary/aromatic N) is 1. The predicted molar refractivity (Wildman–Crippen MR) is 62.8 cm³/mol. The molecule has 1 aliphatic heterocycles. The molecule has 90 valence electrons. The van der Waals surface area contributed by atoms with Gasteiger partial charge in [-0.3, -0.25) is 10.1 Å². The molecule has 3 aliphatic rings. The molecule has 2 unspecified atom stereocenters. The Hall–Kier alpha value is -0.570. The average molecular weight is 222 g/mol. The summed E-state index contributed by atoms with van der Waals surface area (Å²) >= 11 is 0. The van der Waals surface area contributed by atoms with Gasteiger partial charge in [0.05, 0.1) is 12.2 Å². The van der Waals surface area contributed by atoms with Gasteiger partial charge in [-0.05, 0) is 50.4 Å². The van der Waals surface area contributed by atoms with Crippen LogP contribution in [0.25, 0.3) is 0 Å². The summed E-state index contributed by atoms with van der Waals surface area (Å²) in [5, 5.41) is 3.39. The maximum absolute atomic E-state index is 12.1. The van der Waals surface area contributed by atoms with E-state index in [1.54, 1.807) is 0 Å².